The number of pyridine rings is 1. The number of carbonyl (C=O) groups excluding carboxylic acids is 1. The van der Waals surface area contributed by atoms with Crippen LogP contribution < -0.4 is 0 Å². The number of aryl methyl sites for hydroxylation is 2. The van der Waals surface area contributed by atoms with Gasteiger partial charge in [0.15, 0.2) is 17.3 Å². The summed E-state index contributed by atoms with van der Waals surface area (Å²) in [6.45, 7) is 7.47. The van der Waals surface area contributed by atoms with Gasteiger partial charge in [-0.15, -0.1) is 15.3 Å². The Hall–Kier alpha value is -3.62. The number of carbonyl (C=O) groups is 1. The van der Waals surface area contributed by atoms with E-state index >= 15 is 0 Å². The van der Waals surface area contributed by atoms with Gasteiger partial charge in [0, 0.05) is 43.0 Å². The number of fused-ring (bicyclic) bond motifs is 1. The van der Waals surface area contributed by atoms with Crippen LogP contribution in [0.4, 0.5) is 0 Å². The van der Waals surface area contributed by atoms with E-state index < -0.39 is 0 Å². The van der Waals surface area contributed by atoms with Gasteiger partial charge < -0.3 is 4.90 Å². The Morgan fingerprint density at radius 1 is 1.03 bits per heavy atom. The normalized spacial score (nSPS) is 14.8. The number of likely N-dealkylation sites (tertiary alicyclic amines) is 1. The molecule has 0 radical (unpaired) electrons. The number of hydrogen-bond acceptors (Lipinski definition) is 6. The molecule has 9 heteroatoms. The van der Waals surface area contributed by atoms with Gasteiger partial charge in [-0.1, -0.05) is 6.07 Å². The molecule has 1 aliphatic rings. The molecule has 0 saturated carbocycles. The second kappa shape index (κ2) is 8.73. The molecule has 170 valence electrons. The third-order valence-electron chi connectivity index (χ3n) is 6.61. The van der Waals surface area contributed by atoms with Gasteiger partial charge in [-0.05, 0) is 69.9 Å². The van der Waals surface area contributed by atoms with E-state index in [-0.39, 0.29) is 5.91 Å². The molecule has 9 nitrogen and oxygen atoms in total. The van der Waals surface area contributed by atoms with E-state index in [1.165, 1.54) is 0 Å². The van der Waals surface area contributed by atoms with Crippen molar-refractivity contribution in [1.29, 1.82) is 0 Å². The highest BCUT2D eigenvalue weighted by molar-refractivity contribution is 5.76. The van der Waals surface area contributed by atoms with Crippen molar-refractivity contribution in [3.8, 4) is 5.82 Å². The van der Waals surface area contributed by atoms with Crippen molar-refractivity contribution < 1.29 is 4.79 Å². The summed E-state index contributed by atoms with van der Waals surface area (Å²) in [5.74, 6) is 2.09. The monoisotopic (exact) mass is 444 g/mol. The predicted molar refractivity (Wildman–Crippen MR) is 123 cm³/mol. The Labute approximate surface area is 192 Å². The third-order valence-corrected chi connectivity index (χ3v) is 6.61. The number of hydrogen-bond donors (Lipinski definition) is 0. The number of rotatable bonds is 5. The average molecular weight is 445 g/mol. The Balaban J connectivity index is 1.24. The maximum absolute atomic E-state index is 12.9. The zero-order valence-electron chi connectivity index (χ0n) is 19.3. The van der Waals surface area contributed by atoms with Crippen LogP contribution in [0.25, 0.3) is 11.5 Å². The minimum atomic E-state index is 0.209. The summed E-state index contributed by atoms with van der Waals surface area (Å²) in [5, 5.41) is 17.5. The summed E-state index contributed by atoms with van der Waals surface area (Å²) >= 11 is 0. The van der Waals surface area contributed by atoms with Gasteiger partial charge in [0.05, 0.1) is 5.69 Å². The molecule has 1 aliphatic heterocycles. The summed E-state index contributed by atoms with van der Waals surface area (Å²) in [5.41, 5.74) is 4.88. The molecule has 1 amide bonds. The Kier molecular flexibility index (Phi) is 5.62. The molecule has 0 unspecified atom stereocenters. The second-order valence-corrected chi connectivity index (χ2v) is 8.68. The molecule has 0 aromatic carbocycles. The lowest BCUT2D eigenvalue weighted by atomic mass is 9.93. The maximum atomic E-state index is 12.9. The van der Waals surface area contributed by atoms with E-state index in [1.807, 2.05) is 60.8 Å². The second-order valence-electron chi connectivity index (χ2n) is 8.68. The fourth-order valence-electron chi connectivity index (χ4n) is 4.69. The highest BCUT2D eigenvalue weighted by Gasteiger charge is 2.25. The van der Waals surface area contributed by atoms with Crippen LogP contribution in [0.1, 0.15) is 53.7 Å². The number of nitrogens with zero attached hydrogens (tertiary/aromatic N) is 8. The molecule has 0 aliphatic carbocycles. The van der Waals surface area contributed by atoms with Crippen molar-refractivity contribution in [2.75, 3.05) is 13.1 Å². The van der Waals surface area contributed by atoms with Crippen LogP contribution in [-0.2, 0) is 11.2 Å². The minimum absolute atomic E-state index is 0.209. The van der Waals surface area contributed by atoms with Crippen LogP contribution in [0.5, 0.6) is 0 Å². The largest absolute Gasteiger partial charge is 0.343 e. The van der Waals surface area contributed by atoms with E-state index in [4.69, 9.17) is 5.10 Å². The zero-order chi connectivity index (χ0) is 22.9. The van der Waals surface area contributed by atoms with E-state index in [0.717, 1.165) is 54.4 Å². The molecular weight excluding hydrogens is 416 g/mol. The average Bonchev–Trinajstić information content (AvgIpc) is 3.36. The Bertz CT molecular complexity index is 1280. The predicted octanol–water partition coefficient (Wildman–Crippen LogP) is 2.97. The SMILES string of the molecule is Cc1nn(-c2ccc3nnc(C)n3n2)c(C)c1CCC(=O)N1CCC(c2ccccn2)CC1. The first-order chi connectivity index (χ1) is 16.0. The summed E-state index contributed by atoms with van der Waals surface area (Å²) in [6, 6.07) is 9.84. The lowest BCUT2D eigenvalue weighted by molar-refractivity contribution is -0.132. The van der Waals surface area contributed by atoms with Crippen LogP contribution in [0, 0.1) is 20.8 Å². The zero-order valence-corrected chi connectivity index (χ0v) is 19.3. The van der Waals surface area contributed by atoms with E-state index in [9.17, 15) is 4.79 Å². The molecular formula is C24H28N8O. The van der Waals surface area contributed by atoms with E-state index in [1.54, 1.807) is 4.52 Å². The lowest BCUT2D eigenvalue weighted by Crippen LogP contribution is -2.38. The van der Waals surface area contributed by atoms with E-state index in [0.29, 0.717) is 30.2 Å². The van der Waals surface area contributed by atoms with Crippen LogP contribution in [0.15, 0.2) is 36.5 Å². The van der Waals surface area contributed by atoms with Crippen molar-refractivity contribution in [3.63, 3.8) is 0 Å². The molecule has 5 heterocycles. The van der Waals surface area contributed by atoms with Crippen molar-refractivity contribution >= 4 is 11.6 Å². The maximum Gasteiger partial charge on any atom is 0.222 e. The molecule has 4 aromatic heterocycles. The van der Waals surface area contributed by atoms with Gasteiger partial charge >= 0.3 is 0 Å². The van der Waals surface area contributed by atoms with Gasteiger partial charge in [-0.25, -0.2) is 4.68 Å². The topological polar surface area (TPSA) is 94.1 Å². The van der Waals surface area contributed by atoms with Crippen LogP contribution in [0.2, 0.25) is 0 Å². The lowest BCUT2D eigenvalue weighted by Gasteiger charge is -2.31. The van der Waals surface area contributed by atoms with Crippen molar-refractivity contribution in [3.05, 3.63) is 65.0 Å². The van der Waals surface area contributed by atoms with Crippen LogP contribution >= 0.6 is 0 Å². The third kappa shape index (κ3) is 4.10. The summed E-state index contributed by atoms with van der Waals surface area (Å²) in [6.07, 6.45) is 4.94. The summed E-state index contributed by atoms with van der Waals surface area (Å²) in [4.78, 5) is 19.4. The van der Waals surface area contributed by atoms with Crippen molar-refractivity contribution in [1.82, 2.24) is 39.5 Å². The summed E-state index contributed by atoms with van der Waals surface area (Å²) < 4.78 is 3.55. The molecule has 0 spiro atoms. The van der Waals surface area contributed by atoms with Gasteiger partial charge in [-0.3, -0.25) is 9.78 Å². The molecule has 0 atom stereocenters. The van der Waals surface area contributed by atoms with Gasteiger partial charge in [0.1, 0.15) is 0 Å². The number of aromatic nitrogens is 7. The quantitative estimate of drug-likeness (QED) is 0.470. The molecule has 4 aromatic rings. The fraction of sp³-hybridized carbons (Fsp3) is 0.417. The van der Waals surface area contributed by atoms with Gasteiger partial charge in [-0.2, -0.15) is 9.61 Å². The minimum Gasteiger partial charge on any atom is -0.343 e. The van der Waals surface area contributed by atoms with Crippen molar-refractivity contribution in [2.45, 2.75) is 52.4 Å². The standard InChI is InChI=1S/C24H28N8O/c1-16-20(17(2)31(28-16)23-9-8-22-27-26-18(3)32(22)29-23)7-10-24(33)30-14-11-19(12-15-30)21-6-4-5-13-25-21/h4-6,8-9,13,19H,7,10-12,14-15H2,1-3H3. The Morgan fingerprint density at radius 3 is 2.61 bits per heavy atom. The fourth-order valence-corrected chi connectivity index (χ4v) is 4.69. The molecule has 1 saturated heterocycles. The van der Waals surface area contributed by atoms with Gasteiger partial charge in [0.25, 0.3) is 0 Å². The van der Waals surface area contributed by atoms with Crippen LogP contribution in [-0.4, -0.2) is 58.5 Å². The van der Waals surface area contributed by atoms with E-state index in [2.05, 4.69) is 26.3 Å². The first kappa shape index (κ1) is 21.2. The smallest absolute Gasteiger partial charge is 0.222 e. The molecule has 0 bridgehead atoms. The van der Waals surface area contributed by atoms with Crippen molar-refractivity contribution in [2.24, 2.45) is 0 Å². The first-order valence-electron chi connectivity index (χ1n) is 11.4. The molecule has 1 fully saturated rings. The van der Waals surface area contributed by atoms with Crippen LogP contribution in [0.3, 0.4) is 0 Å². The Morgan fingerprint density at radius 2 is 1.85 bits per heavy atom. The number of piperidine rings is 1. The summed E-state index contributed by atoms with van der Waals surface area (Å²) in [7, 11) is 0. The first-order valence-corrected chi connectivity index (χ1v) is 11.4. The molecule has 5 rings (SSSR count). The highest BCUT2D eigenvalue weighted by Crippen LogP contribution is 2.27. The number of amides is 1. The molecule has 33 heavy (non-hydrogen) atoms. The van der Waals surface area contributed by atoms with Gasteiger partial charge in [0.2, 0.25) is 5.91 Å². The highest BCUT2D eigenvalue weighted by atomic mass is 16.2. The molecule has 0 N–H and O–H groups in total.